The van der Waals surface area contributed by atoms with Crippen molar-refractivity contribution in [3.63, 3.8) is 0 Å². The Bertz CT molecular complexity index is 1030. The molecule has 0 amide bonds. The maximum absolute atomic E-state index is 9.44. The highest BCUT2D eigenvalue weighted by molar-refractivity contribution is 6.30. The molecule has 3 aromatic rings. The highest BCUT2D eigenvalue weighted by atomic mass is 35.5. The second kappa shape index (κ2) is 8.27. The number of hydrogen-bond acceptors (Lipinski definition) is 5. The number of hydrogen-bond donors (Lipinski definition) is 2. The number of nitrogen functional groups attached to an aromatic ring is 1. The number of benzene rings is 2. The fourth-order valence-corrected chi connectivity index (χ4v) is 2.95. The van der Waals surface area contributed by atoms with Gasteiger partial charge in [0.1, 0.15) is 23.5 Å². The lowest BCUT2D eigenvalue weighted by atomic mass is 10.1. The maximum atomic E-state index is 9.44. The average Bonchev–Trinajstić information content (AvgIpc) is 3.01. The molecule has 0 saturated carbocycles. The van der Waals surface area contributed by atoms with Crippen LogP contribution in [0.25, 0.3) is 5.69 Å². The van der Waals surface area contributed by atoms with Gasteiger partial charge in [0.2, 0.25) is 0 Å². The Kier molecular flexibility index (Phi) is 5.61. The van der Waals surface area contributed by atoms with Crippen LogP contribution in [-0.4, -0.2) is 16.3 Å². The fourth-order valence-electron chi connectivity index (χ4n) is 2.78. The van der Waals surface area contributed by atoms with Gasteiger partial charge in [0, 0.05) is 11.6 Å². The molecule has 0 saturated heterocycles. The summed E-state index contributed by atoms with van der Waals surface area (Å²) in [6.07, 6.45) is 1.31. The number of nitriles is 2. The predicted molar refractivity (Wildman–Crippen MR) is 106 cm³/mol. The first kappa shape index (κ1) is 18.3. The van der Waals surface area contributed by atoms with Crippen molar-refractivity contribution < 1.29 is 0 Å². The molecular formula is C20H17ClN6. The van der Waals surface area contributed by atoms with Crippen LogP contribution in [0.5, 0.6) is 0 Å². The first-order valence-electron chi connectivity index (χ1n) is 8.40. The first-order valence-corrected chi connectivity index (χ1v) is 8.78. The summed E-state index contributed by atoms with van der Waals surface area (Å²) in [4.78, 5) is 0. The van der Waals surface area contributed by atoms with Crippen LogP contribution in [0, 0.1) is 22.7 Å². The van der Waals surface area contributed by atoms with Crippen molar-refractivity contribution in [3.8, 4) is 17.8 Å². The molecule has 0 spiro atoms. The number of para-hydroxylation sites is 1. The van der Waals surface area contributed by atoms with E-state index in [9.17, 15) is 5.26 Å². The van der Waals surface area contributed by atoms with Crippen molar-refractivity contribution in [2.45, 2.75) is 12.8 Å². The van der Waals surface area contributed by atoms with Gasteiger partial charge < -0.3 is 11.1 Å². The molecule has 0 aliphatic heterocycles. The molecule has 0 atom stereocenters. The van der Waals surface area contributed by atoms with Crippen LogP contribution in [0.2, 0.25) is 5.02 Å². The summed E-state index contributed by atoms with van der Waals surface area (Å²) in [5, 5.41) is 26.9. The van der Waals surface area contributed by atoms with Gasteiger partial charge in [-0.25, -0.2) is 4.68 Å². The second-order valence-electron chi connectivity index (χ2n) is 5.90. The number of halogens is 1. The summed E-state index contributed by atoms with van der Waals surface area (Å²) < 4.78 is 1.59. The molecule has 2 aromatic carbocycles. The number of aromatic nitrogens is 2. The molecule has 0 radical (unpaired) electrons. The van der Waals surface area contributed by atoms with E-state index in [1.54, 1.807) is 22.9 Å². The van der Waals surface area contributed by atoms with Crippen molar-refractivity contribution in [1.82, 2.24) is 9.78 Å². The van der Waals surface area contributed by atoms with Crippen LogP contribution in [0.1, 0.15) is 23.2 Å². The molecule has 3 rings (SSSR count). The lowest BCUT2D eigenvalue weighted by Crippen LogP contribution is -2.05. The predicted octanol–water partition coefficient (Wildman–Crippen LogP) is 3.90. The van der Waals surface area contributed by atoms with Gasteiger partial charge in [-0.2, -0.15) is 15.6 Å². The minimum atomic E-state index is 0.341. The third-order valence-corrected chi connectivity index (χ3v) is 4.35. The molecule has 0 aliphatic carbocycles. The van der Waals surface area contributed by atoms with Gasteiger partial charge in [-0.15, -0.1) is 0 Å². The minimum Gasteiger partial charge on any atom is -0.384 e. The number of nitrogens with one attached hydrogen (secondary N) is 1. The zero-order valence-electron chi connectivity index (χ0n) is 14.5. The summed E-state index contributed by atoms with van der Waals surface area (Å²) in [5.41, 5.74) is 9.21. The molecule has 7 heteroatoms. The molecule has 1 aromatic heterocycles. The Morgan fingerprint density at radius 1 is 1.11 bits per heavy atom. The third kappa shape index (κ3) is 4.03. The number of rotatable bonds is 6. The van der Waals surface area contributed by atoms with Gasteiger partial charge >= 0.3 is 0 Å². The van der Waals surface area contributed by atoms with Crippen molar-refractivity contribution in [3.05, 3.63) is 70.4 Å². The standard InChI is InChI=1S/C20H17ClN6/c21-15-9-8-14(12-22)19(11-15)25-10-4-7-18-17(13-23)20(24)27(26-18)16-5-2-1-3-6-16/h1-3,5-6,8-9,11,25H,4,7,10,24H2. The molecule has 6 nitrogen and oxygen atoms in total. The van der Waals surface area contributed by atoms with Crippen LogP contribution in [-0.2, 0) is 6.42 Å². The van der Waals surface area contributed by atoms with E-state index in [4.69, 9.17) is 22.6 Å². The van der Waals surface area contributed by atoms with Crippen molar-refractivity contribution >= 4 is 23.1 Å². The molecule has 27 heavy (non-hydrogen) atoms. The summed E-state index contributed by atoms with van der Waals surface area (Å²) in [6.45, 7) is 0.609. The highest BCUT2D eigenvalue weighted by Gasteiger charge is 2.16. The minimum absolute atomic E-state index is 0.341. The smallest absolute Gasteiger partial charge is 0.145 e. The Labute approximate surface area is 162 Å². The number of nitrogens with zero attached hydrogens (tertiary/aromatic N) is 4. The third-order valence-electron chi connectivity index (χ3n) is 4.11. The number of aryl methyl sites for hydroxylation is 1. The number of anilines is 2. The first-order chi connectivity index (χ1) is 13.1. The summed E-state index contributed by atoms with van der Waals surface area (Å²) >= 11 is 5.99. The van der Waals surface area contributed by atoms with E-state index >= 15 is 0 Å². The van der Waals surface area contributed by atoms with E-state index in [1.165, 1.54) is 0 Å². The van der Waals surface area contributed by atoms with Gasteiger partial charge in [-0.1, -0.05) is 29.8 Å². The molecule has 0 fully saturated rings. The summed E-state index contributed by atoms with van der Waals surface area (Å²) in [6, 6.07) is 18.8. The van der Waals surface area contributed by atoms with E-state index in [0.29, 0.717) is 46.3 Å². The topological polar surface area (TPSA) is 103 Å². The van der Waals surface area contributed by atoms with E-state index in [0.717, 1.165) is 12.1 Å². The van der Waals surface area contributed by atoms with Crippen LogP contribution < -0.4 is 11.1 Å². The molecule has 134 valence electrons. The highest BCUT2D eigenvalue weighted by Crippen LogP contribution is 2.22. The van der Waals surface area contributed by atoms with Gasteiger partial charge in [-0.3, -0.25) is 0 Å². The normalized spacial score (nSPS) is 10.2. The maximum Gasteiger partial charge on any atom is 0.145 e. The molecule has 1 heterocycles. The van der Waals surface area contributed by atoms with Crippen molar-refractivity contribution in [2.75, 3.05) is 17.6 Å². The molecular weight excluding hydrogens is 360 g/mol. The molecule has 0 bridgehead atoms. The monoisotopic (exact) mass is 376 g/mol. The number of nitrogens with two attached hydrogens (primary N) is 1. The van der Waals surface area contributed by atoms with E-state index in [2.05, 4.69) is 22.6 Å². The van der Waals surface area contributed by atoms with E-state index in [-0.39, 0.29) is 0 Å². The van der Waals surface area contributed by atoms with Crippen LogP contribution in [0.3, 0.4) is 0 Å². The van der Waals surface area contributed by atoms with Crippen molar-refractivity contribution in [1.29, 1.82) is 10.5 Å². The van der Waals surface area contributed by atoms with Gasteiger partial charge in [0.25, 0.3) is 0 Å². The Hall–Kier alpha value is -3.48. The zero-order valence-corrected chi connectivity index (χ0v) is 15.2. The zero-order chi connectivity index (χ0) is 19.2. The van der Waals surface area contributed by atoms with Crippen molar-refractivity contribution in [2.24, 2.45) is 0 Å². The van der Waals surface area contributed by atoms with E-state index in [1.807, 2.05) is 30.3 Å². The van der Waals surface area contributed by atoms with Crippen LogP contribution >= 0.6 is 11.6 Å². The van der Waals surface area contributed by atoms with Gasteiger partial charge in [0.05, 0.1) is 22.6 Å². The summed E-state index contributed by atoms with van der Waals surface area (Å²) in [7, 11) is 0. The average molecular weight is 377 g/mol. The quantitative estimate of drug-likeness (QED) is 0.635. The molecule has 3 N–H and O–H groups in total. The fraction of sp³-hybridized carbons (Fsp3) is 0.150. The van der Waals surface area contributed by atoms with Crippen LogP contribution in [0.4, 0.5) is 11.5 Å². The largest absolute Gasteiger partial charge is 0.384 e. The lowest BCUT2D eigenvalue weighted by molar-refractivity contribution is 0.790. The second-order valence-corrected chi connectivity index (χ2v) is 6.33. The Morgan fingerprint density at radius 2 is 1.89 bits per heavy atom. The Balaban J connectivity index is 1.70. The SMILES string of the molecule is N#Cc1ccc(Cl)cc1NCCCc1nn(-c2ccccc2)c(N)c1C#N. The molecule has 0 aliphatic rings. The van der Waals surface area contributed by atoms with Gasteiger partial charge in [0.15, 0.2) is 0 Å². The molecule has 0 unspecified atom stereocenters. The summed E-state index contributed by atoms with van der Waals surface area (Å²) in [5.74, 6) is 0.341. The van der Waals surface area contributed by atoms with Gasteiger partial charge in [-0.05, 0) is 43.2 Å². The van der Waals surface area contributed by atoms with E-state index < -0.39 is 0 Å². The Morgan fingerprint density at radius 3 is 2.59 bits per heavy atom. The van der Waals surface area contributed by atoms with Crippen LogP contribution in [0.15, 0.2) is 48.5 Å². The lowest BCUT2D eigenvalue weighted by Gasteiger charge is -2.08.